The highest BCUT2D eigenvalue weighted by Crippen LogP contribution is 2.29. The fourth-order valence-electron chi connectivity index (χ4n) is 4.61. The number of Topliss-reactive ketones (excluding diaryl/α,β-unsaturated/α-hetero) is 1. The predicted molar refractivity (Wildman–Crippen MR) is 126 cm³/mol. The Kier molecular flexibility index (Phi) is 6.83. The maximum absolute atomic E-state index is 13.0. The van der Waals surface area contributed by atoms with Crippen LogP contribution in [0.1, 0.15) is 51.9 Å². The Bertz CT molecular complexity index is 1140. The van der Waals surface area contributed by atoms with E-state index in [1.54, 1.807) is 16.8 Å². The predicted octanol–water partition coefficient (Wildman–Crippen LogP) is 6.12. The Hall–Kier alpha value is -2.11. The van der Waals surface area contributed by atoms with Crippen molar-refractivity contribution in [1.82, 2.24) is 14.1 Å². The van der Waals surface area contributed by atoms with Crippen LogP contribution in [0, 0.1) is 5.92 Å². The van der Waals surface area contributed by atoms with Crippen molar-refractivity contribution in [3.63, 3.8) is 0 Å². The average molecular weight is 460 g/mol. The molecule has 0 radical (unpaired) electrons. The van der Waals surface area contributed by atoms with E-state index in [0.717, 1.165) is 17.5 Å². The minimum absolute atomic E-state index is 0.0738. The summed E-state index contributed by atoms with van der Waals surface area (Å²) in [6.45, 7) is 2.49. The van der Waals surface area contributed by atoms with Crippen LogP contribution in [0.25, 0.3) is 22.3 Å². The molecule has 0 saturated heterocycles. The molecular weight excluding hydrogens is 433 g/mol. The number of rotatable bonds is 7. The lowest BCUT2D eigenvalue weighted by Gasteiger charge is -2.20. The number of hydrogen-bond donors (Lipinski definition) is 0. The molecule has 5 nitrogen and oxygen atoms in total. The van der Waals surface area contributed by atoms with E-state index in [1.165, 1.54) is 36.7 Å². The molecule has 7 heteroatoms. The molecular formula is C24H27Cl2N3O2. The first-order chi connectivity index (χ1) is 15.0. The van der Waals surface area contributed by atoms with Crippen molar-refractivity contribution in [1.29, 1.82) is 0 Å². The number of carbonyl (C=O) groups excluding carboxylic acids is 1. The lowest BCUT2D eigenvalue weighted by molar-refractivity contribution is -0.120. The minimum Gasteiger partial charge on any atom is -0.298 e. The van der Waals surface area contributed by atoms with Crippen LogP contribution in [0.15, 0.2) is 35.3 Å². The molecule has 31 heavy (non-hydrogen) atoms. The summed E-state index contributed by atoms with van der Waals surface area (Å²) in [6, 6.07) is 7.22. The van der Waals surface area contributed by atoms with E-state index < -0.39 is 0 Å². The van der Waals surface area contributed by atoms with Crippen LogP contribution in [0.2, 0.25) is 10.0 Å². The molecule has 2 aromatic heterocycles. The van der Waals surface area contributed by atoms with E-state index in [0.29, 0.717) is 40.1 Å². The van der Waals surface area contributed by atoms with Gasteiger partial charge in [0.1, 0.15) is 0 Å². The third-order valence-corrected chi connectivity index (χ3v) is 6.69. The van der Waals surface area contributed by atoms with Crippen molar-refractivity contribution in [3.8, 4) is 11.1 Å². The third-order valence-electron chi connectivity index (χ3n) is 6.26. The number of fused-ring (bicyclic) bond motifs is 1. The minimum atomic E-state index is -0.197. The molecule has 1 aliphatic rings. The summed E-state index contributed by atoms with van der Waals surface area (Å²) in [5, 5.41) is 1.08. The van der Waals surface area contributed by atoms with Crippen LogP contribution in [-0.4, -0.2) is 19.9 Å². The number of pyridine rings is 1. The molecule has 0 bridgehead atoms. The second-order valence-corrected chi connectivity index (χ2v) is 9.29. The third kappa shape index (κ3) is 4.88. The molecule has 0 aliphatic heterocycles. The second-order valence-electron chi connectivity index (χ2n) is 8.42. The molecule has 0 amide bonds. The van der Waals surface area contributed by atoms with Gasteiger partial charge in [-0.2, -0.15) is 0 Å². The van der Waals surface area contributed by atoms with Gasteiger partial charge < -0.3 is 0 Å². The van der Waals surface area contributed by atoms with Gasteiger partial charge in [-0.25, -0.2) is 9.78 Å². The van der Waals surface area contributed by atoms with E-state index in [2.05, 4.69) is 4.98 Å². The molecule has 2 heterocycles. The number of imidazole rings is 1. The molecule has 4 rings (SSSR count). The lowest BCUT2D eigenvalue weighted by atomic mass is 9.85. The summed E-state index contributed by atoms with van der Waals surface area (Å²) in [5.41, 5.74) is 2.70. The quantitative estimate of drug-likeness (QED) is 0.427. The lowest BCUT2D eigenvalue weighted by Crippen LogP contribution is -2.27. The zero-order valence-corrected chi connectivity index (χ0v) is 19.3. The fraction of sp³-hybridized carbons (Fsp3) is 0.458. The molecule has 1 fully saturated rings. The van der Waals surface area contributed by atoms with Gasteiger partial charge in [-0.15, -0.1) is 0 Å². The van der Waals surface area contributed by atoms with Crippen LogP contribution < -0.4 is 5.69 Å². The number of carbonyl (C=O) groups is 1. The Morgan fingerprint density at radius 1 is 1.03 bits per heavy atom. The average Bonchev–Trinajstić information content (AvgIpc) is 3.02. The number of halogens is 2. The summed E-state index contributed by atoms with van der Waals surface area (Å²) in [7, 11) is 0. The molecule has 164 valence electrons. The number of benzene rings is 1. The van der Waals surface area contributed by atoms with Gasteiger partial charge in [-0.1, -0.05) is 55.3 Å². The maximum atomic E-state index is 13.0. The van der Waals surface area contributed by atoms with E-state index in [9.17, 15) is 9.59 Å². The molecule has 0 unspecified atom stereocenters. The monoisotopic (exact) mass is 459 g/mol. The maximum Gasteiger partial charge on any atom is 0.330 e. The van der Waals surface area contributed by atoms with Crippen LogP contribution in [0.3, 0.4) is 0 Å². The Morgan fingerprint density at radius 2 is 1.74 bits per heavy atom. The first-order valence-corrected chi connectivity index (χ1v) is 11.8. The zero-order chi connectivity index (χ0) is 22.0. The fourth-order valence-corrected chi connectivity index (χ4v) is 5.14. The van der Waals surface area contributed by atoms with Crippen LogP contribution in [0.4, 0.5) is 0 Å². The van der Waals surface area contributed by atoms with Gasteiger partial charge >= 0.3 is 5.69 Å². The van der Waals surface area contributed by atoms with E-state index >= 15 is 0 Å². The Morgan fingerprint density at radius 3 is 2.42 bits per heavy atom. The summed E-state index contributed by atoms with van der Waals surface area (Å²) in [6.07, 6.45) is 9.44. The van der Waals surface area contributed by atoms with Crippen molar-refractivity contribution in [2.45, 2.75) is 65.0 Å². The van der Waals surface area contributed by atoms with Crippen molar-refractivity contribution >= 4 is 40.1 Å². The van der Waals surface area contributed by atoms with Gasteiger partial charge in [0.25, 0.3) is 0 Å². The van der Waals surface area contributed by atoms with Gasteiger partial charge in [0, 0.05) is 34.8 Å². The van der Waals surface area contributed by atoms with Crippen molar-refractivity contribution in [3.05, 3.63) is 51.0 Å². The van der Waals surface area contributed by atoms with Gasteiger partial charge in [0.2, 0.25) is 0 Å². The SMILES string of the molecule is CCn1c(=O)n(CC(=O)CCC2CCCCC2)c2ncc(-c3cc(Cl)cc(Cl)c3)cc21. The molecule has 1 aliphatic carbocycles. The summed E-state index contributed by atoms with van der Waals surface area (Å²) in [5.74, 6) is 0.743. The molecule has 1 aromatic carbocycles. The number of nitrogens with zero attached hydrogens (tertiary/aromatic N) is 3. The molecule has 1 saturated carbocycles. The number of ketones is 1. The van der Waals surface area contributed by atoms with Crippen molar-refractivity contribution in [2.75, 3.05) is 0 Å². The van der Waals surface area contributed by atoms with E-state index in [-0.39, 0.29) is 18.0 Å². The smallest absolute Gasteiger partial charge is 0.298 e. The zero-order valence-electron chi connectivity index (χ0n) is 17.7. The van der Waals surface area contributed by atoms with Crippen molar-refractivity contribution in [2.24, 2.45) is 5.92 Å². The highest BCUT2D eigenvalue weighted by molar-refractivity contribution is 6.35. The van der Waals surface area contributed by atoms with Crippen LogP contribution >= 0.6 is 23.2 Å². The Labute approximate surface area is 192 Å². The normalized spacial score (nSPS) is 14.9. The van der Waals surface area contributed by atoms with Crippen LogP contribution in [-0.2, 0) is 17.9 Å². The number of aryl methyl sites for hydroxylation is 1. The van der Waals surface area contributed by atoms with E-state index in [4.69, 9.17) is 23.2 Å². The molecule has 0 spiro atoms. The molecule has 0 N–H and O–H groups in total. The largest absolute Gasteiger partial charge is 0.330 e. The second kappa shape index (κ2) is 9.58. The highest BCUT2D eigenvalue weighted by atomic mass is 35.5. The van der Waals surface area contributed by atoms with Crippen LogP contribution in [0.5, 0.6) is 0 Å². The van der Waals surface area contributed by atoms with E-state index in [1.807, 2.05) is 25.1 Å². The number of aromatic nitrogens is 3. The topological polar surface area (TPSA) is 56.9 Å². The number of hydrogen-bond acceptors (Lipinski definition) is 3. The van der Waals surface area contributed by atoms with Gasteiger partial charge in [-0.05, 0) is 49.1 Å². The highest BCUT2D eigenvalue weighted by Gasteiger charge is 2.19. The molecule has 0 atom stereocenters. The van der Waals surface area contributed by atoms with Gasteiger partial charge in [0.15, 0.2) is 11.4 Å². The molecule has 3 aromatic rings. The first-order valence-electron chi connectivity index (χ1n) is 11.0. The first kappa shape index (κ1) is 22.1. The van der Waals surface area contributed by atoms with Crippen molar-refractivity contribution < 1.29 is 4.79 Å². The van der Waals surface area contributed by atoms with Gasteiger partial charge in [0.05, 0.1) is 12.1 Å². The summed E-state index contributed by atoms with van der Waals surface area (Å²) in [4.78, 5) is 30.2. The summed E-state index contributed by atoms with van der Waals surface area (Å²) < 4.78 is 3.17. The standard InChI is InChI=1S/C24H27Cl2N3O2/c1-2-28-22-12-18(17-10-19(25)13-20(26)11-17)14-27-23(22)29(24(28)31)15-21(30)9-8-16-6-4-3-5-7-16/h10-14,16H,2-9,15H2,1H3. The van der Waals surface area contributed by atoms with Gasteiger partial charge in [-0.3, -0.25) is 13.9 Å². The summed E-state index contributed by atoms with van der Waals surface area (Å²) >= 11 is 12.3. The Balaban J connectivity index is 1.61.